The lowest BCUT2D eigenvalue weighted by Gasteiger charge is -2.23. The summed E-state index contributed by atoms with van der Waals surface area (Å²) in [6, 6.07) is 4.35. The molecule has 3 N–H and O–H groups in total. The summed E-state index contributed by atoms with van der Waals surface area (Å²) in [6.07, 6.45) is 0.989. The molecule has 0 unspecified atom stereocenters. The first-order valence-corrected chi connectivity index (χ1v) is 8.29. The molecule has 1 fully saturated rings. The van der Waals surface area contributed by atoms with Crippen LogP contribution in [0.5, 0.6) is 5.75 Å². The molecular weight excluding hydrogens is 332 g/mol. The van der Waals surface area contributed by atoms with Crippen LogP contribution < -0.4 is 20.3 Å². The quantitative estimate of drug-likeness (QED) is 0.278. The van der Waals surface area contributed by atoms with Gasteiger partial charge in [0, 0.05) is 25.1 Å². The van der Waals surface area contributed by atoms with E-state index in [0.717, 1.165) is 45.8 Å². The van der Waals surface area contributed by atoms with E-state index in [0.29, 0.717) is 16.5 Å². The Morgan fingerprint density at radius 2 is 2.21 bits per heavy atom. The number of morpholine rings is 1. The molecular formula is C15H23N4O4S+. The molecule has 1 aromatic carbocycles. The van der Waals surface area contributed by atoms with Gasteiger partial charge in [-0.1, -0.05) is 0 Å². The number of rotatable bonds is 7. The van der Waals surface area contributed by atoms with Crippen LogP contribution in [0.2, 0.25) is 0 Å². The Morgan fingerprint density at radius 1 is 1.46 bits per heavy atom. The van der Waals surface area contributed by atoms with Crippen molar-refractivity contribution in [2.45, 2.75) is 6.42 Å². The average molecular weight is 355 g/mol. The Balaban J connectivity index is 1.78. The molecule has 0 bridgehead atoms. The largest absolute Gasteiger partial charge is 0.495 e. The van der Waals surface area contributed by atoms with Gasteiger partial charge in [0.2, 0.25) is 0 Å². The van der Waals surface area contributed by atoms with Crippen LogP contribution in [-0.4, -0.2) is 56.5 Å². The van der Waals surface area contributed by atoms with Crippen molar-refractivity contribution in [2.75, 3.05) is 51.8 Å². The maximum absolute atomic E-state index is 10.9. The van der Waals surface area contributed by atoms with E-state index < -0.39 is 4.92 Å². The predicted molar refractivity (Wildman–Crippen MR) is 94.9 cm³/mol. The number of anilines is 1. The van der Waals surface area contributed by atoms with Crippen LogP contribution in [0.3, 0.4) is 0 Å². The predicted octanol–water partition coefficient (Wildman–Crippen LogP) is 0.195. The number of methoxy groups -OCH3 is 1. The van der Waals surface area contributed by atoms with Crippen LogP contribution in [0.4, 0.5) is 11.4 Å². The number of ether oxygens (including phenoxy) is 2. The van der Waals surface area contributed by atoms with E-state index in [1.807, 2.05) is 0 Å². The Kier molecular flexibility index (Phi) is 7.16. The fraction of sp³-hybridized carbons (Fsp3) is 0.533. The van der Waals surface area contributed by atoms with Crippen molar-refractivity contribution in [2.24, 2.45) is 0 Å². The van der Waals surface area contributed by atoms with Crippen molar-refractivity contribution in [1.29, 1.82) is 0 Å². The van der Waals surface area contributed by atoms with E-state index in [9.17, 15) is 10.1 Å². The number of thiocarbonyl (C=S) groups is 1. The Bertz CT molecular complexity index is 579. The molecule has 1 saturated heterocycles. The summed E-state index contributed by atoms with van der Waals surface area (Å²) in [5.74, 6) is 0.502. The molecule has 0 aliphatic carbocycles. The van der Waals surface area contributed by atoms with E-state index in [4.69, 9.17) is 21.7 Å². The highest BCUT2D eigenvalue weighted by molar-refractivity contribution is 7.80. The lowest BCUT2D eigenvalue weighted by Crippen LogP contribution is -3.14. The third-order valence-electron chi connectivity index (χ3n) is 3.83. The molecule has 0 aromatic heterocycles. The number of hydrogen-bond donors (Lipinski definition) is 3. The van der Waals surface area contributed by atoms with Gasteiger partial charge in [-0.25, -0.2) is 0 Å². The minimum atomic E-state index is -0.452. The van der Waals surface area contributed by atoms with Crippen molar-refractivity contribution in [1.82, 2.24) is 5.32 Å². The van der Waals surface area contributed by atoms with Crippen molar-refractivity contribution < 1.29 is 19.3 Å². The van der Waals surface area contributed by atoms with Crippen molar-refractivity contribution in [3.8, 4) is 5.75 Å². The normalized spacial score (nSPS) is 14.9. The minimum Gasteiger partial charge on any atom is -0.495 e. The summed E-state index contributed by atoms with van der Waals surface area (Å²) >= 11 is 5.25. The molecule has 0 amide bonds. The summed E-state index contributed by atoms with van der Waals surface area (Å²) in [5.41, 5.74) is 0.458. The number of quaternary nitrogens is 1. The fourth-order valence-electron chi connectivity index (χ4n) is 2.52. The summed E-state index contributed by atoms with van der Waals surface area (Å²) < 4.78 is 10.5. The molecule has 1 aliphatic heterocycles. The molecule has 9 heteroatoms. The highest BCUT2D eigenvalue weighted by Gasteiger charge is 2.14. The van der Waals surface area contributed by atoms with Crippen molar-refractivity contribution in [3.63, 3.8) is 0 Å². The van der Waals surface area contributed by atoms with Gasteiger partial charge in [0.05, 0.1) is 37.5 Å². The zero-order chi connectivity index (χ0) is 17.4. The Labute approximate surface area is 146 Å². The number of benzene rings is 1. The lowest BCUT2D eigenvalue weighted by atomic mass is 10.2. The fourth-order valence-corrected chi connectivity index (χ4v) is 2.74. The zero-order valence-corrected chi connectivity index (χ0v) is 14.5. The van der Waals surface area contributed by atoms with Gasteiger partial charge in [-0.3, -0.25) is 10.1 Å². The van der Waals surface area contributed by atoms with Gasteiger partial charge in [-0.2, -0.15) is 0 Å². The van der Waals surface area contributed by atoms with E-state index in [2.05, 4.69) is 10.6 Å². The van der Waals surface area contributed by atoms with Crippen molar-refractivity contribution in [3.05, 3.63) is 28.3 Å². The molecule has 8 nitrogen and oxygen atoms in total. The monoisotopic (exact) mass is 355 g/mol. The third-order valence-corrected chi connectivity index (χ3v) is 4.08. The number of hydrogen-bond acceptors (Lipinski definition) is 5. The van der Waals surface area contributed by atoms with Crippen LogP contribution in [-0.2, 0) is 4.74 Å². The molecule has 0 saturated carbocycles. The molecule has 2 rings (SSSR count). The molecule has 132 valence electrons. The molecule has 0 spiro atoms. The number of nitro groups is 1. The van der Waals surface area contributed by atoms with Gasteiger partial charge in [0.1, 0.15) is 18.8 Å². The first kappa shape index (κ1) is 18.4. The first-order chi connectivity index (χ1) is 11.6. The van der Waals surface area contributed by atoms with Gasteiger partial charge in [0.25, 0.3) is 5.69 Å². The smallest absolute Gasteiger partial charge is 0.271 e. The Morgan fingerprint density at radius 3 is 2.88 bits per heavy atom. The van der Waals surface area contributed by atoms with Crippen LogP contribution in [0.15, 0.2) is 18.2 Å². The van der Waals surface area contributed by atoms with Crippen LogP contribution in [0.1, 0.15) is 6.42 Å². The first-order valence-electron chi connectivity index (χ1n) is 7.88. The molecule has 24 heavy (non-hydrogen) atoms. The third kappa shape index (κ3) is 5.59. The maximum atomic E-state index is 10.9. The van der Waals surface area contributed by atoms with Gasteiger partial charge < -0.3 is 25.0 Å². The second-order valence-electron chi connectivity index (χ2n) is 5.49. The minimum absolute atomic E-state index is 0.0167. The van der Waals surface area contributed by atoms with Crippen LogP contribution >= 0.6 is 12.2 Å². The SMILES string of the molecule is COc1ccc([N+](=O)[O-])cc1NC(=S)NCCC[NH+]1CCOCC1. The topological polar surface area (TPSA) is 90.1 Å². The molecule has 1 aromatic rings. The zero-order valence-electron chi connectivity index (χ0n) is 13.7. The second kappa shape index (κ2) is 9.36. The summed E-state index contributed by atoms with van der Waals surface area (Å²) in [4.78, 5) is 12.0. The van der Waals surface area contributed by atoms with Gasteiger partial charge in [-0.15, -0.1) is 0 Å². The summed E-state index contributed by atoms with van der Waals surface area (Å²) in [5, 5.41) is 17.4. The van der Waals surface area contributed by atoms with E-state index in [1.165, 1.54) is 19.2 Å². The van der Waals surface area contributed by atoms with E-state index in [1.54, 1.807) is 11.0 Å². The van der Waals surface area contributed by atoms with Crippen LogP contribution in [0, 0.1) is 10.1 Å². The number of nitrogens with zero attached hydrogens (tertiary/aromatic N) is 1. The molecule has 1 aliphatic rings. The Hall–Kier alpha value is -1.97. The average Bonchev–Trinajstić information content (AvgIpc) is 2.59. The molecule has 0 atom stereocenters. The van der Waals surface area contributed by atoms with Gasteiger partial charge in [-0.05, 0) is 18.3 Å². The second-order valence-corrected chi connectivity index (χ2v) is 5.90. The van der Waals surface area contributed by atoms with Gasteiger partial charge in [0.15, 0.2) is 5.11 Å². The molecule has 1 heterocycles. The maximum Gasteiger partial charge on any atom is 0.271 e. The molecule has 0 radical (unpaired) electrons. The van der Waals surface area contributed by atoms with Crippen molar-refractivity contribution >= 4 is 28.7 Å². The standard InChI is InChI=1S/C15H22N4O4S/c1-22-14-4-3-12(19(20)21)11-13(14)17-15(24)16-5-2-6-18-7-9-23-10-8-18/h3-4,11H,2,5-10H2,1H3,(H2,16,17,24)/p+1. The number of nitrogens with one attached hydrogen (secondary N) is 3. The summed E-state index contributed by atoms with van der Waals surface area (Å²) in [7, 11) is 1.51. The van der Waals surface area contributed by atoms with Gasteiger partial charge >= 0.3 is 0 Å². The summed E-state index contributed by atoms with van der Waals surface area (Å²) in [6.45, 7) is 5.57. The van der Waals surface area contributed by atoms with E-state index >= 15 is 0 Å². The highest BCUT2D eigenvalue weighted by atomic mass is 32.1. The van der Waals surface area contributed by atoms with Crippen LogP contribution in [0.25, 0.3) is 0 Å². The lowest BCUT2D eigenvalue weighted by molar-refractivity contribution is -0.908. The van der Waals surface area contributed by atoms with E-state index in [-0.39, 0.29) is 5.69 Å². The number of non-ortho nitro benzene ring substituents is 1. The highest BCUT2D eigenvalue weighted by Crippen LogP contribution is 2.28. The number of nitro benzene ring substituents is 1.